The second-order valence-electron chi connectivity index (χ2n) is 5.23. The zero-order valence-corrected chi connectivity index (χ0v) is 13.5. The Morgan fingerprint density at radius 1 is 1.29 bits per heavy atom. The number of hydrogen-bond acceptors (Lipinski definition) is 4. The van der Waals surface area contributed by atoms with Gasteiger partial charge in [-0.05, 0) is 39.1 Å². The summed E-state index contributed by atoms with van der Waals surface area (Å²) in [7, 11) is 0. The number of para-hydroxylation sites is 1. The summed E-state index contributed by atoms with van der Waals surface area (Å²) in [5.74, 6) is 1.35. The molecule has 0 aliphatic carbocycles. The van der Waals surface area contributed by atoms with E-state index < -0.39 is 0 Å². The van der Waals surface area contributed by atoms with E-state index in [1.54, 1.807) is 0 Å². The summed E-state index contributed by atoms with van der Waals surface area (Å²) in [4.78, 5) is 6.90. The average Bonchev–Trinajstić information content (AvgIpc) is 2.82. The molecule has 1 aromatic heterocycles. The minimum Gasteiger partial charge on any atom is -0.492 e. The maximum atomic E-state index is 6.16. The second-order valence-corrected chi connectivity index (χ2v) is 5.23. The summed E-state index contributed by atoms with van der Waals surface area (Å²) in [5.41, 5.74) is 8.05. The number of anilines is 1. The summed E-state index contributed by atoms with van der Waals surface area (Å²) >= 11 is 0. The molecule has 2 rings (SSSR count). The highest BCUT2D eigenvalue weighted by Crippen LogP contribution is 2.29. The van der Waals surface area contributed by atoms with E-state index in [1.165, 1.54) is 0 Å². The van der Waals surface area contributed by atoms with Gasteiger partial charge in [0, 0.05) is 12.6 Å². The van der Waals surface area contributed by atoms with Crippen molar-refractivity contribution in [1.82, 2.24) is 14.5 Å². The molecule has 1 aromatic carbocycles. The number of nitrogens with zero attached hydrogens (tertiary/aromatic N) is 3. The van der Waals surface area contributed by atoms with Crippen LogP contribution >= 0.6 is 0 Å². The van der Waals surface area contributed by atoms with Crippen LogP contribution in [0.2, 0.25) is 0 Å². The molecule has 2 N–H and O–H groups in total. The van der Waals surface area contributed by atoms with Gasteiger partial charge in [0.15, 0.2) is 0 Å². The SMILES string of the molecule is CCOc1cccc2c1nc(N)n2C(C)CN(CC)CC. The summed E-state index contributed by atoms with van der Waals surface area (Å²) in [6.07, 6.45) is 0. The Morgan fingerprint density at radius 3 is 2.62 bits per heavy atom. The highest BCUT2D eigenvalue weighted by Gasteiger charge is 2.18. The molecule has 21 heavy (non-hydrogen) atoms. The lowest BCUT2D eigenvalue weighted by molar-refractivity contribution is 0.264. The van der Waals surface area contributed by atoms with Gasteiger partial charge in [-0.1, -0.05) is 19.9 Å². The summed E-state index contributed by atoms with van der Waals surface area (Å²) in [5, 5.41) is 0. The van der Waals surface area contributed by atoms with Gasteiger partial charge >= 0.3 is 0 Å². The highest BCUT2D eigenvalue weighted by molar-refractivity contribution is 5.84. The molecule has 1 heterocycles. The number of nitrogens with two attached hydrogens (primary N) is 1. The van der Waals surface area contributed by atoms with Crippen molar-refractivity contribution in [2.75, 3.05) is 32.0 Å². The first-order valence-electron chi connectivity index (χ1n) is 7.73. The highest BCUT2D eigenvalue weighted by atomic mass is 16.5. The molecule has 0 saturated carbocycles. The molecule has 0 saturated heterocycles. The Morgan fingerprint density at radius 2 is 2.00 bits per heavy atom. The van der Waals surface area contributed by atoms with Crippen molar-refractivity contribution < 1.29 is 4.74 Å². The first-order valence-corrected chi connectivity index (χ1v) is 7.73. The van der Waals surface area contributed by atoms with Crippen LogP contribution in [-0.2, 0) is 0 Å². The molecule has 0 radical (unpaired) electrons. The maximum Gasteiger partial charge on any atom is 0.201 e. The minimum absolute atomic E-state index is 0.270. The first-order chi connectivity index (χ1) is 10.1. The van der Waals surface area contributed by atoms with Crippen molar-refractivity contribution in [2.45, 2.75) is 33.7 Å². The Labute approximate surface area is 126 Å². The molecule has 5 nitrogen and oxygen atoms in total. The molecule has 116 valence electrons. The van der Waals surface area contributed by atoms with Gasteiger partial charge in [-0.25, -0.2) is 4.98 Å². The van der Waals surface area contributed by atoms with E-state index in [1.807, 2.05) is 19.1 Å². The molecule has 0 aliphatic heterocycles. The van der Waals surface area contributed by atoms with Crippen LogP contribution in [0.15, 0.2) is 18.2 Å². The van der Waals surface area contributed by atoms with Crippen molar-refractivity contribution in [2.24, 2.45) is 0 Å². The van der Waals surface area contributed by atoms with E-state index in [0.717, 1.165) is 36.4 Å². The lowest BCUT2D eigenvalue weighted by Gasteiger charge is -2.24. The number of ether oxygens (including phenoxy) is 1. The van der Waals surface area contributed by atoms with Crippen LogP contribution in [0.25, 0.3) is 11.0 Å². The van der Waals surface area contributed by atoms with Crippen LogP contribution < -0.4 is 10.5 Å². The average molecular weight is 290 g/mol. The zero-order valence-electron chi connectivity index (χ0n) is 13.5. The fourth-order valence-electron chi connectivity index (χ4n) is 2.78. The molecule has 0 bridgehead atoms. The smallest absolute Gasteiger partial charge is 0.201 e. The third kappa shape index (κ3) is 3.13. The number of aromatic nitrogens is 2. The van der Waals surface area contributed by atoms with Crippen LogP contribution in [0.3, 0.4) is 0 Å². The van der Waals surface area contributed by atoms with Gasteiger partial charge < -0.3 is 19.9 Å². The molecule has 1 atom stereocenters. The van der Waals surface area contributed by atoms with E-state index in [-0.39, 0.29) is 6.04 Å². The van der Waals surface area contributed by atoms with Gasteiger partial charge in [-0.2, -0.15) is 0 Å². The Bertz CT molecular complexity index is 589. The van der Waals surface area contributed by atoms with E-state index in [9.17, 15) is 0 Å². The van der Waals surface area contributed by atoms with Crippen LogP contribution in [0.4, 0.5) is 5.95 Å². The van der Waals surface area contributed by atoms with E-state index in [4.69, 9.17) is 10.5 Å². The van der Waals surface area contributed by atoms with Gasteiger partial charge in [0.1, 0.15) is 11.3 Å². The van der Waals surface area contributed by atoms with Crippen molar-refractivity contribution in [1.29, 1.82) is 0 Å². The molecule has 0 amide bonds. The Hall–Kier alpha value is -1.75. The fraction of sp³-hybridized carbons (Fsp3) is 0.562. The van der Waals surface area contributed by atoms with Crippen molar-refractivity contribution >= 4 is 17.0 Å². The normalized spacial score (nSPS) is 13.0. The molecule has 0 fully saturated rings. The van der Waals surface area contributed by atoms with Crippen molar-refractivity contribution in [3.63, 3.8) is 0 Å². The third-order valence-corrected chi connectivity index (χ3v) is 3.87. The number of hydrogen-bond donors (Lipinski definition) is 1. The van der Waals surface area contributed by atoms with Gasteiger partial charge in [-0.3, -0.25) is 0 Å². The standard InChI is InChI=1S/C16H26N4O/c1-5-19(6-2)11-12(4)20-13-9-8-10-14(21-7-3)15(13)18-16(20)17/h8-10,12H,5-7,11H2,1-4H3,(H2,17,18). The van der Waals surface area contributed by atoms with Crippen LogP contribution in [-0.4, -0.2) is 40.7 Å². The van der Waals surface area contributed by atoms with Crippen LogP contribution in [0.5, 0.6) is 5.75 Å². The molecule has 2 aromatic rings. The van der Waals surface area contributed by atoms with E-state index in [0.29, 0.717) is 12.6 Å². The lowest BCUT2D eigenvalue weighted by atomic mass is 10.2. The number of nitrogen functional groups attached to an aromatic ring is 1. The van der Waals surface area contributed by atoms with Gasteiger partial charge in [-0.15, -0.1) is 0 Å². The number of fused-ring (bicyclic) bond motifs is 1. The number of imidazole rings is 1. The summed E-state index contributed by atoms with van der Waals surface area (Å²) < 4.78 is 7.76. The molecule has 1 unspecified atom stereocenters. The fourth-order valence-corrected chi connectivity index (χ4v) is 2.78. The van der Waals surface area contributed by atoms with Gasteiger partial charge in [0.25, 0.3) is 0 Å². The largest absolute Gasteiger partial charge is 0.492 e. The molecular weight excluding hydrogens is 264 g/mol. The van der Waals surface area contributed by atoms with Crippen molar-refractivity contribution in [3.8, 4) is 5.75 Å². The number of likely N-dealkylation sites (N-methyl/N-ethyl adjacent to an activating group) is 1. The maximum absolute atomic E-state index is 6.16. The molecular formula is C16H26N4O. The Kier molecular flexibility index (Phi) is 5.07. The molecule has 0 spiro atoms. The predicted molar refractivity (Wildman–Crippen MR) is 87.8 cm³/mol. The number of benzene rings is 1. The number of rotatable bonds is 7. The summed E-state index contributed by atoms with van der Waals surface area (Å²) in [6, 6.07) is 6.26. The predicted octanol–water partition coefficient (Wildman–Crippen LogP) is 2.92. The Balaban J connectivity index is 2.39. The van der Waals surface area contributed by atoms with Crippen LogP contribution in [0.1, 0.15) is 33.7 Å². The quantitative estimate of drug-likeness (QED) is 0.852. The zero-order chi connectivity index (χ0) is 15.4. The second kappa shape index (κ2) is 6.80. The monoisotopic (exact) mass is 290 g/mol. The minimum atomic E-state index is 0.270. The topological polar surface area (TPSA) is 56.3 Å². The van der Waals surface area contributed by atoms with Crippen molar-refractivity contribution in [3.05, 3.63) is 18.2 Å². The molecule has 0 aliphatic rings. The van der Waals surface area contributed by atoms with Crippen LogP contribution in [0, 0.1) is 0 Å². The van der Waals surface area contributed by atoms with Gasteiger partial charge in [0.2, 0.25) is 5.95 Å². The third-order valence-electron chi connectivity index (χ3n) is 3.87. The first kappa shape index (κ1) is 15.6. The lowest BCUT2D eigenvalue weighted by Crippen LogP contribution is -2.29. The molecule has 5 heteroatoms. The van der Waals surface area contributed by atoms with E-state index >= 15 is 0 Å². The summed E-state index contributed by atoms with van der Waals surface area (Å²) in [6.45, 7) is 12.2. The van der Waals surface area contributed by atoms with Gasteiger partial charge in [0.05, 0.1) is 12.1 Å². The van der Waals surface area contributed by atoms with E-state index in [2.05, 4.69) is 41.3 Å².